The highest BCUT2D eigenvalue weighted by Crippen LogP contribution is 2.14. The zero-order valence-electron chi connectivity index (χ0n) is 10.8. The number of nitrogens with one attached hydrogen (secondary N) is 1. The van der Waals surface area contributed by atoms with Gasteiger partial charge in [-0.05, 0) is 36.4 Å². The Morgan fingerprint density at radius 3 is 2.43 bits per heavy atom. The number of rotatable bonds is 3. The monoisotopic (exact) mass is 367 g/mol. The van der Waals surface area contributed by atoms with Gasteiger partial charge in [-0.3, -0.25) is 0 Å². The van der Waals surface area contributed by atoms with E-state index in [9.17, 15) is 12.8 Å². The predicted molar refractivity (Wildman–Crippen MR) is 82.6 cm³/mol. The first kappa shape index (κ1) is 15.7. The van der Waals surface area contributed by atoms with Gasteiger partial charge < -0.3 is 0 Å². The molecular weight excluding hydrogens is 357 g/mol. The van der Waals surface area contributed by atoms with E-state index in [1.807, 2.05) is 0 Å². The van der Waals surface area contributed by atoms with E-state index in [0.29, 0.717) is 0 Å². The molecule has 0 heterocycles. The minimum Gasteiger partial charge on any atom is -0.207 e. The second-order valence-electron chi connectivity index (χ2n) is 4.06. The van der Waals surface area contributed by atoms with Crippen LogP contribution in [0.4, 0.5) is 4.39 Å². The van der Waals surface area contributed by atoms with Gasteiger partial charge in [0, 0.05) is 4.47 Å². The molecule has 108 valence electrons. The zero-order valence-corrected chi connectivity index (χ0v) is 13.2. The second kappa shape index (κ2) is 6.85. The van der Waals surface area contributed by atoms with Crippen molar-refractivity contribution in [1.82, 2.24) is 4.72 Å². The summed E-state index contributed by atoms with van der Waals surface area (Å²) in [6.45, 7) is -0.0905. The van der Waals surface area contributed by atoms with Crippen LogP contribution in [-0.2, 0) is 10.0 Å². The Hall–Kier alpha value is -1.68. The molecule has 0 atom stereocenters. The highest BCUT2D eigenvalue weighted by molar-refractivity contribution is 9.10. The SMILES string of the molecule is O=S(=O)(NCC#Cc1ccccc1F)c1ccc(Br)cc1. The summed E-state index contributed by atoms with van der Waals surface area (Å²) in [5, 5.41) is 0. The minimum atomic E-state index is -3.61. The van der Waals surface area contributed by atoms with Crippen LogP contribution in [-0.4, -0.2) is 15.0 Å². The van der Waals surface area contributed by atoms with Gasteiger partial charge in [-0.1, -0.05) is 39.9 Å². The van der Waals surface area contributed by atoms with Crippen LogP contribution < -0.4 is 4.72 Å². The number of hydrogen-bond donors (Lipinski definition) is 1. The van der Waals surface area contributed by atoms with Crippen molar-refractivity contribution in [3.8, 4) is 11.8 Å². The van der Waals surface area contributed by atoms with E-state index < -0.39 is 15.8 Å². The van der Waals surface area contributed by atoms with Crippen molar-refractivity contribution in [3.63, 3.8) is 0 Å². The lowest BCUT2D eigenvalue weighted by Crippen LogP contribution is -2.23. The van der Waals surface area contributed by atoms with Gasteiger partial charge in [0.25, 0.3) is 0 Å². The molecule has 0 saturated heterocycles. The molecule has 0 aliphatic rings. The molecule has 0 unspecified atom stereocenters. The minimum absolute atomic E-state index is 0.0905. The van der Waals surface area contributed by atoms with Crippen LogP contribution >= 0.6 is 15.9 Å². The quantitative estimate of drug-likeness (QED) is 0.847. The topological polar surface area (TPSA) is 46.2 Å². The van der Waals surface area contributed by atoms with Crippen LogP contribution in [0.15, 0.2) is 57.9 Å². The summed E-state index contributed by atoms with van der Waals surface area (Å²) in [7, 11) is -3.61. The van der Waals surface area contributed by atoms with Gasteiger partial charge >= 0.3 is 0 Å². The fraction of sp³-hybridized carbons (Fsp3) is 0.0667. The summed E-state index contributed by atoms with van der Waals surface area (Å²) in [6.07, 6.45) is 0. The molecule has 2 aromatic carbocycles. The van der Waals surface area contributed by atoms with Crippen LogP contribution in [0.1, 0.15) is 5.56 Å². The molecule has 2 rings (SSSR count). The summed E-state index contributed by atoms with van der Waals surface area (Å²) in [6, 6.07) is 12.3. The largest absolute Gasteiger partial charge is 0.241 e. The van der Waals surface area contributed by atoms with Gasteiger partial charge in [-0.25, -0.2) is 12.8 Å². The molecule has 0 aliphatic heterocycles. The molecular formula is C15H11BrFNO2S. The van der Waals surface area contributed by atoms with Gasteiger partial charge in [-0.15, -0.1) is 0 Å². The molecule has 0 saturated carbocycles. The van der Waals surface area contributed by atoms with E-state index in [1.54, 1.807) is 24.3 Å². The first-order valence-corrected chi connectivity index (χ1v) is 8.25. The third-order valence-corrected chi connectivity index (χ3v) is 4.52. The molecule has 0 fully saturated rings. The lowest BCUT2D eigenvalue weighted by Gasteiger charge is -2.03. The summed E-state index contributed by atoms with van der Waals surface area (Å²) in [5.41, 5.74) is 0.236. The van der Waals surface area contributed by atoms with Gasteiger partial charge in [0.15, 0.2) is 0 Å². The lowest BCUT2D eigenvalue weighted by atomic mass is 10.2. The smallest absolute Gasteiger partial charge is 0.207 e. The van der Waals surface area contributed by atoms with Gasteiger partial charge in [0.1, 0.15) is 5.82 Å². The van der Waals surface area contributed by atoms with E-state index in [-0.39, 0.29) is 17.0 Å². The Morgan fingerprint density at radius 2 is 1.76 bits per heavy atom. The van der Waals surface area contributed by atoms with E-state index in [1.165, 1.54) is 24.3 Å². The maximum atomic E-state index is 13.3. The summed E-state index contributed by atoms with van der Waals surface area (Å²) >= 11 is 3.24. The van der Waals surface area contributed by atoms with E-state index in [4.69, 9.17) is 0 Å². The van der Waals surface area contributed by atoms with E-state index in [2.05, 4.69) is 32.5 Å². The van der Waals surface area contributed by atoms with Crippen LogP contribution in [0.2, 0.25) is 0 Å². The first-order chi connectivity index (χ1) is 9.99. The van der Waals surface area contributed by atoms with Crippen LogP contribution in [0.3, 0.4) is 0 Å². The Bertz CT molecular complexity index is 792. The molecule has 0 radical (unpaired) electrons. The average Bonchev–Trinajstić information content (AvgIpc) is 2.46. The Morgan fingerprint density at radius 1 is 1.10 bits per heavy atom. The van der Waals surface area contributed by atoms with Crippen molar-refractivity contribution in [3.05, 3.63) is 64.4 Å². The molecule has 6 heteroatoms. The van der Waals surface area contributed by atoms with Crippen LogP contribution in [0.5, 0.6) is 0 Å². The second-order valence-corrected chi connectivity index (χ2v) is 6.74. The highest BCUT2D eigenvalue weighted by Gasteiger charge is 2.11. The molecule has 21 heavy (non-hydrogen) atoms. The van der Waals surface area contributed by atoms with E-state index >= 15 is 0 Å². The Balaban J connectivity index is 2.04. The number of hydrogen-bond acceptors (Lipinski definition) is 2. The molecule has 3 nitrogen and oxygen atoms in total. The highest BCUT2D eigenvalue weighted by atomic mass is 79.9. The molecule has 0 amide bonds. The van der Waals surface area contributed by atoms with Crippen molar-refractivity contribution in [2.24, 2.45) is 0 Å². The summed E-state index contributed by atoms with van der Waals surface area (Å²) < 4.78 is 40.4. The third kappa shape index (κ3) is 4.39. The molecule has 0 spiro atoms. The van der Waals surface area contributed by atoms with Crippen molar-refractivity contribution >= 4 is 26.0 Å². The molecule has 0 bridgehead atoms. The Kier molecular flexibility index (Phi) is 5.12. The Labute approximate surface area is 131 Å². The van der Waals surface area contributed by atoms with Crippen molar-refractivity contribution in [2.45, 2.75) is 4.90 Å². The molecule has 0 aromatic heterocycles. The molecule has 0 aliphatic carbocycles. The van der Waals surface area contributed by atoms with Crippen molar-refractivity contribution < 1.29 is 12.8 Å². The lowest BCUT2D eigenvalue weighted by molar-refractivity contribution is 0.586. The van der Waals surface area contributed by atoms with Crippen LogP contribution in [0.25, 0.3) is 0 Å². The standard InChI is InChI=1S/C15H11BrFNO2S/c16-13-7-9-14(10-8-13)21(19,20)18-11-3-5-12-4-1-2-6-15(12)17/h1-2,4,6-10,18H,11H2. The molecule has 1 N–H and O–H groups in total. The maximum absolute atomic E-state index is 13.3. The van der Waals surface area contributed by atoms with Gasteiger partial charge in [0.05, 0.1) is 17.0 Å². The molecule has 2 aromatic rings. The fourth-order valence-corrected chi connectivity index (χ4v) is 2.72. The number of halogens is 2. The van der Waals surface area contributed by atoms with Crippen LogP contribution in [0, 0.1) is 17.7 Å². The van der Waals surface area contributed by atoms with Crippen molar-refractivity contribution in [1.29, 1.82) is 0 Å². The summed E-state index contributed by atoms with van der Waals surface area (Å²) in [5.74, 6) is 4.75. The van der Waals surface area contributed by atoms with Gasteiger partial charge in [-0.2, -0.15) is 4.72 Å². The summed E-state index contributed by atoms with van der Waals surface area (Å²) in [4.78, 5) is 0.151. The number of benzene rings is 2. The normalized spacial score (nSPS) is 10.8. The van der Waals surface area contributed by atoms with Crippen molar-refractivity contribution in [2.75, 3.05) is 6.54 Å². The third-order valence-electron chi connectivity index (χ3n) is 2.57. The predicted octanol–water partition coefficient (Wildman–Crippen LogP) is 2.92. The van der Waals surface area contributed by atoms with E-state index in [0.717, 1.165) is 4.47 Å². The maximum Gasteiger partial charge on any atom is 0.241 e. The fourth-order valence-electron chi connectivity index (χ4n) is 1.53. The number of sulfonamides is 1. The average molecular weight is 368 g/mol. The van der Waals surface area contributed by atoms with Gasteiger partial charge in [0.2, 0.25) is 10.0 Å². The first-order valence-electron chi connectivity index (χ1n) is 5.98. The zero-order chi connectivity index (χ0) is 15.3.